The third kappa shape index (κ3) is 4.85. The van der Waals surface area contributed by atoms with E-state index in [9.17, 15) is 14.7 Å². The third-order valence-corrected chi connectivity index (χ3v) is 4.93. The quantitative estimate of drug-likeness (QED) is 0.589. The Morgan fingerprint density at radius 3 is 2.40 bits per heavy atom. The third-order valence-electron chi connectivity index (χ3n) is 4.93. The summed E-state index contributed by atoms with van der Waals surface area (Å²) in [6.45, 7) is -0.0422. The Hall–Kier alpha value is -2.28. The van der Waals surface area contributed by atoms with Crippen LogP contribution < -0.4 is 21.1 Å². The molecule has 1 atom stereocenters. The van der Waals surface area contributed by atoms with Gasteiger partial charge >= 0.3 is 6.03 Å². The number of hydrogen-bond donors (Lipinski definition) is 4. The molecule has 1 aliphatic carbocycles. The van der Waals surface area contributed by atoms with Crippen LogP contribution in [-0.2, 0) is 10.2 Å². The van der Waals surface area contributed by atoms with Crippen molar-refractivity contribution in [1.29, 1.82) is 0 Å². The largest absolute Gasteiger partial charge is 0.497 e. The van der Waals surface area contributed by atoms with Crippen molar-refractivity contribution in [3.63, 3.8) is 0 Å². The zero-order chi connectivity index (χ0) is 18.3. The van der Waals surface area contributed by atoms with Crippen LogP contribution in [0.2, 0.25) is 0 Å². The maximum Gasteiger partial charge on any atom is 0.312 e. The number of primary amides is 1. The Balaban J connectivity index is 2.11. The molecule has 1 aromatic rings. The Morgan fingerprint density at radius 2 is 1.88 bits per heavy atom. The average Bonchev–Trinajstić information content (AvgIpc) is 2.65. The second-order valence-electron chi connectivity index (χ2n) is 6.53. The number of aliphatic hydroxyl groups is 1. The van der Waals surface area contributed by atoms with E-state index in [4.69, 9.17) is 10.5 Å². The van der Waals surface area contributed by atoms with Crippen molar-refractivity contribution < 1.29 is 19.4 Å². The van der Waals surface area contributed by atoms with Crippen molar-refractivity contribution in [3.8, 4) is 5.75 Å². The van der Waals surface area contributed by atoms with Crippen LogP contribution in [0.25, 0.3) is 0 Å². The van der Waals surface area contributed by atoms with E-state index in [0.29, 0.717) is 6.54 Å². The van der Waals surface area contributed by atoms with Crippen molar-refractivity contribution in [2.24, 2.45) is 5.73 Å². The fraction of sp³-hybridized carbons (Fsp3) is 0.556. The molecule has 25 heavy (non-hydrogen) atoms. The number of methoxy groups -OCH3 is 1. The Labute approximate surface area is 147 Å². The molecule has 0 aliphatic heterocycles. The first-order valence-corrected chi connectivity index (χ1v) is 8.60. The first-order valence-electron chi connectivity index (χ1n) is 8.60. The summed E-state index contributed by atoms with van der Waals surface area (Å²) in [7, 11) is 1.63. The summed E-state index contributed by atoms with van der Waals surface area (Å²) in [6, 6.07) is 6.08. The number of urea groups is 1. The van der Waals surface area contributed by atoms with Gasteiger partial charge < -0.3 is 26.2 Å². The first kappa shape index (κ1) is 19.1. The van der Waals surface area contributed by atoms with Gasteiger partial charge in [-0.1, -0.05) is 31.4 Å². The fourth-order valence-electron chi connectivity index (χ4n) is 3.49. The maximum absolute atomic E-state index is 12.3. The highest BCUT2D eigenvalue weighted by Crippen LogP contribution is 2.39. The van der Waals surface area contributed by atoms with Crippen molar-refractivity contribution in [3.05, 3.63) is 29.8 Å². The molecule has 0 radical (unpaired) electrons. The molecule has 0 bridgehead atoms. The first-order chi connectivity index (χ1) is 12.0. The van der Waals surface area contributed by atoms with E-state index >= 15 is 0 Å². The van der Waals surface area contributed by atoms with E-state index in [1.54, 1.807) is 7.11 Å². The molecule has 0 heterocycles. The Morgan fingerprint density at radius 1 is 1.24 bits per heavy atom. The van der Waals surface area contributed by atoms with Gasteiger partial charge in [0.15, 0.2) is 0 Å². The molecule has 7 heteroatoms. The lowest BCUT2D eigenvalue weighted by atomic mass is 9.69. The van der Waals surface area contributed by atoms with Crippen LogP contribution in [0, 0.1) is 0 Å². The minimum Gasteiger partial charge on any atom is -0.497 e. The molecule has 0 unspecified atom stereocenters. The maximum atomic E-state index is 12.3. The summed E-state index contributed by atoms with van der Waals surface area (Å²) in [4.78, 5) is 23.2. The molecule has 1 aromatic carbocycles. The van der Waals surface area contributed by atoms with Crippen LogP contribution >= 0.6 is 0 Å². The number of hydrogen-bond acceptors (Lipinski definition) is 4. The summed E-state index contributed by atoms with van der Waals surface area (Å²) in [5.74, 6) is 0.365. The van der Waals surface area contributed by atoms with E-state index in [0.717, 1.165) is 37.0 Å². The van der Waals surface area contributed by atoms with Crippen molar-refractivity contribution in [1.82, 2.24) is 10.6 Å². The van der Waals surface area contributed by atoms with Crippen molar-refractivity contribution in [2.45, 2.75) is 43.6 Å². The van der Waals surface area contributed by atoms with Gasteiger partial charge in [0.25, 0.3) is 0 Å². The molecular formula is C18H27N3O4. The lowest BCUT2D eigenvalue weighted by Crippen LogP contribution is -2.53. The van der Waals surface area contributed by atoms with E-state index in [1.807, 2.05) is 24.3 Å². The second kappa shape index (κ2) is 8.71. The number of nitrogens with two attached hydrogens (primary N) is 1. The molecule has 138 valence electrons. The van der Waals surface area contributed by atoms with Crippen molar-refractivity contribution in [2.75, 3.05) is 20.3 Å². The van der Waals surface area contributed by atoms with E-state index in [1.165, 1.54) is 6.42 Å². The lowest BCUT2D eigenvalue weighted by Gasteiger charge is -2.38. The van der Waals surface area contributed by atoms with Crippen LogP contribution in [0.5, 0.6) is 5.75 Å². The summed E-state index contributed by atoms with van der Waals surface area (Å²) in [5, 5.41) is 14.4. The molecule has 0 aromatic heterocycles. The van der Waals surface area contributed by atoms with Crippen LogP contribution in [0.4, 0.5) is 4.79 Å². The molecule has 7 nitrogen and oxygen atoms in total. The lowest BCUT2D eigenvalue weighted by molar-refractivity contribution is -0.124. The molecule has 0 spiro atoms. The molecule has 2 rings (SSSR count). The normalized spacial score (nSPS) is 17.4. The molecule has 1 saturated carbocycles. The van der Waals surface area contributed by atoms with Crippen molar-refractivity contribution >= 4 is 11.9 Å². The van der Waals surface area contributed by atoms with E-state index < -0.39 is 24.6 Å². The Bertz CT molecular complexity index is 582. The zero-order valence-corrected chi connectivity index (χ0v) is 14.6. The highest BCUT2D eigenvalue weighted by Gasteiger charge is 2.35. The van der Waals surface area contributed by atoms with Gasteiger partial charge in [0, 0.05) is 12.0 Å². The van der Waals surface area contributed by atoms with Gasteiger partial charge in [0.1, 0.15) is 11.8 Å². The van der Waals surface area contributed by atoms with Crippen LogP contribution in [0.1, 0.15) is 37.7 Å². The summed E-state index contributed by atoms with van der Waals surface area (Å²) in [6.07, 6.45) is 5.35. The number of carbonyl (C=O) groups is 2. The van der Waals surface area contributed by atoms with Gasteiger partial charge in [0.2, 0.25) is 5.91 Å². The smallest absolute Gasteiger partial charge is 0.312 e. The number of rotatable bonds is 7. The van der Waals surface area contributed by atoms with Gasteiger partial charge in [-0.2, -0.15) is 0 Å². The van der Waals surface area contributed by atoms with Gasteiger partial charge in [-0.25, -0.2) is 4.79 Å². The molecule has 0 saturated heterocycles. The highest BCUT2D eigenvalue weighted by molar-refractivity contribution is 5.86. The fourth-order valence-corrected chi connectivity index (χ4v) is 3.49. The van der Waals surface area contributed by atoms with Gasteiger partial charge in [-0.3, -0.25) is 4.79 Å². The standard InChI is InChI=1S/C18H27N3O4/c1-25-14-7-5-13(6-8-14)18(9-3-2-4-10-18)12-20-16(23)15(11-22)21-17(19)24/h5-8,15,22H,2-4,9-12H2,1H3,(H,20,23)(H3,19,21,24)/t15-/m0/s1. The molecule has 5 N–H and O–H groups in total. The average molecular weight is 349 g/mol. The summed E-state index contributed by atoms with van der Waals surface area (Å²) in [5.41, 5.74) is 6.05. The second-order valence-corrected chi connectivity index (χ2v) is 6.53. The zero-order valence-electron chi connectivity index (χ0n) is 14.6. The van der Waals surface area contributed by atoms with E-state index in [2.05, 4.69) is 10.6 Å². The number of amides is 3. The summed E-state index contributed by atoms with van der Waals surface area (Å²) < 4.78 is 5.22. The number of nitrogens with one attached hydrogen (secondary N) is 2. The monoisotopic (exact) mass is 349 g/mol. The topological polar surface area (TPSA) is 114 Å². The number of carbonyl (C=O) groups excluding carboxylic acids is 2. The minimum absolute atomic E-state index is 0.146. The molecule has 3 amide bonds. The number of benzene rings is 1. The van der Waals surface area contributed by atoms with E-state index in [-0.39, 0.29) is 5.41 Å². The molecule has 1 fully saturated rings. The molecular weight excluding hydrogens is 322 g/mol. The molecule has 1 aliphatic rings. The summed E-state index contributed by atoms with van der Waals surface area (Å²) >= 11 is 0. The van der Waals surface area contributed by atoms with Crippen LogP contribution in [0.15, 0.2) is 24.3 Å². The van der Waals surface area contributed by atoms with Crippen LogP contribution in [-0.4, -0.2) is 43.3 Å². The number of ether oxygens (including phenoxy) is 1. The predicted octanol–water partition coefficient (Wildman–Crippen LogP) is 1.04. The van der Waals surface area contributed by atoms with Crippen LogP contribution in [0.3, 0.4) is 0 Å². The van der Waals surface area contributed by atoms with Gasteiger partial charge in [-0.15, -0.1) is 0 Å². The number of aliphatic hydroxyl groups excluding tert-OH is 1. The van der Waals surface area contributed by atoms with Gasteiger partial charge in [-0.05, 0) is 30.5 Å². The minimum atomic E-state index is -1.03. The highest BCUT2D eigenvalue weighted by atomic mass is 16.5. The SMILES string of the molecule is COc1ccc(C2(CNC(=O)[C@H](CO)NC(N)=O)CCCCC2)cc1. The predicted molar refractivity (Wildman–Crippen MR) is 94.4 cm³/mol. The van der Waals surface area contributed by atoms with Gasteiger partial charge in [0.05, 0.1) is 13.7 Å². The Kier molecular flexibility index (Phi) is 6.64.